The zero-order valence-electron chi connectivity index (χ0n) is 10.0. The summed E-state index contributed by atoms with van der Waals surface area (Å²) in [6.07, 6.45) is 4.82. The Morgan fingerprint density at radius 3 is 2.53 bits per heavy atom. The maximum atomic E-state index is 11.9. The van der Waals surface area contributed by atoms with Crippen molar-refractivity contribution < 1.29 is 8.42 Å². The summed E-state index contributed by atoms with van der Waals surface area (Å²) in [4.78, 5) is 3.93. The maximum Gasteiger partial charge on any atom is 0.175 e. The molecule has 0 aliphatic carbocycles. The van der Waals surface area contributed by atoms with E-state index in [-0.39, 0.29) is 5.75 Å². The molecule has 2 rings (SSSR count). The number of hydrogen-bond acceptors (Lipinski definition) is 3. The van der Waals surface area contributed by atoms with Gasteiger partial charge in [-0.05, 0) is 35.4 Å². The van der Waals surface area contributed by atoms with E-state index in [1.165, 1.54) is 5.41 Å². The molecular formula is C14H12BrNO2S. The van der Waals surface area contributed by atoms with Crippen LogP contribution in [0.15, 0.2) is 58.7 Å². The Kier molecular flexibility index (Phi) is 4.50. The monoisotopic (exact) mass is 337 g/mol. The highest BCUT2D eigenvalue weighted by Crippen LogP contribution is 2.14. The quantitative estimate of drug-likeness (QED) is 0.858. The van der Waals surface area contributed by atoms with Crippen molar-refractivity contribution in [1.29, 1.82) is 0 Å². The third-order valence-electron chi connectivity index (χ3n) is 2.43. The lowest BCUT2D eigenvalue weighted by Gasteiger charge is -2.00. The molecule has 0 aliphatic heterocycles. The third-order valence-corrected chi connectivity index (χ3v) is 4.25. The summed E-state index contributed by atoms with van der Waals surface area (Å²) < 4.78 is 24.8. The molecule has 0 saturated carbocycles. The van der Waals surface area contributed by atoms with Crippen LogP contribution < -0.4 is 0 Å². The van der Waals surface area contributed by atoms with Gasteiger partial charge >= 0.3 is 0 Å². The van der Waals surface area contributed by atoms with Gasteiger partial charge in [0.25, 0.3) is 0 Å². The van der Waals surface area contributed by atoms with Gasteiger partial charge in [0, 0.05) is 22.3 Å². The minimum atomic E-state index is -3.27. The molecule has 1 heterocycles. The molecule has 0 saturated heterocycles. The van der Waals surface area contributed by atoms with Gasteiger partial charge in [-0.3, -0.25) is 4.98 Å². The van der Waals surface area contributed by atoms with E-state index in [9.17, 15) is 8.42 Å². The molecular weight excluding hydrogens is 326 g/mol. The van der Waals surface area contributed by atoms with Gasteiger partial charge in [0.1, 0.15) is 0 Å². The summed E-state index contributed by atoms with van der Waals surface area (Å²) in [5.74, 6) is -0.00293. The summed E-state index contributed by atoms with van der Waals surface area (Å²) in [6.45, 7) is 0. The fourth-order valence-corrected chi connectivity index (χ4v) is 2.90. The van der Waals surface area contributed by atoms with E-state index in [1.54, 1.807) is 42.7 Å². The second-order valence-electron chi connectivity index (χ2n) is 4.02. The van der Waals surface area contributed by atoms with Crippen molar-refractivity contribution in [2.24, 2.45) is 0 Å². The van der Waals surface area contributed by atoms with Crippen molar-refractivity contribution in [3.8, 4) is 0 Å². The molecule has 2 aromatic rings. The third kappa shape index (κ3) is 4.61. The fourth-order valence-electron chi connectivity index (χ4n) is 1.52. The van der Waals surface area contributed by atoms with Gasteiger partial charge in [0.15, 0.2) is 9.84 Å². The van der Waals surface area contributed by atoms with Crippen molar-refractivity contribution in [2.45, 2.75) is 5.75 Å². The smallest absolute Gasteiger partial charge is 0.175 e. The lowest BCUT2D eigenvalue weighted by atomic mass is 10.2. The Balaban J connectivity index is 2.11. The molecule has 1 aromatic carbocycles. The zero-order chi connectivity index (χ0) is 13.7. The second kappa shape index (κ2) is 6.12. The van der Waals surface area contributed by atoms with E-state index >= 15 is 0 Å². The van der Waals surface area contributed by atoms with Crippen LogP contribution >= 0.6 is 15.9 Å². The predicted molar refractivity (Wildman–Crippen MR) is 80.0 cm³/mol. The van der Waals surface area contributed by atoms with Crippen molar-refractivity contribution in [3.63, 3.8) is 0 Å². The maximum absolute atomic E-state index is 11.9. The van der Waals surface area contributed by atoms with Gasteiger partial charge in [-0.1, -0.05) is 34.1 Å². The van der Waals surface area contributed by atoms with E-state index in [2.05, 4.69) is 20.9 Å². The molecule has 1 aromatic heterocycles. The zero-order valence-corrected chi connectivity index (χ0v) is 12.4. The molecule has 0 unspecified atom stereocenters. The first-order chi connectivity index (χ1) is 9.05. The van der Waals surface area contributed by atoms with E-state index < -0.39 is 9.84 Å². The van der Waals surface area contributed by atoms with E-state index in [0.29, 0.717) is 0 Å². The van der Waals surface area contributed by atoms with Crippen LogP contribution in [-0.4, -0.2) is 13.4 Å². The summed E-state index contributed by atoms with van der Waals surface area (Å²) in [6, 6.07) is 10.8. The summed E-state index contributed by atoms with van der Waals surface area (Å²) >= 11 is 3.32. The SMILES string of the molecule is O=S(=O)(C=Cc1cccnc1)Cc1ccc(Br)cc1. The first-order valence-corrected chi connectivity index (χ1v) is 8.11. The van der Waals surface area contributed by atoms with Crippen LogP contribution in [0.5, 0.6) is 0 Å². The minimum absolute atomic E-state index is 0.00293. The van der Waals surface area contributed by atoms with Gasteiger partial charge in [-0.25, -0.2) is 8.42 Å². The molecule has 3 nitrogen and oxygen atoms in total. The molecule has 0 radical (unpaired) electrons. The molecule has 0 amide bonds. The molecule has 0 atom stereocenters. The Morgan fingerprint density at radius 1 is 1.16 bits per heavy atom. The number of hydrogen-bond donors (Lipinski definition) is 0. The Morgan fingerprint density at radius 2 is 1.89 bits per heavy atom. The lowest BCUT2D eigenvalue weighted by molar-refractivity contribution is 0.604. The number of benzene rings is 1. The highest BCUT2D eigenvalue weighted by atomic mass is 79.9. The van der Waals surface area contributed by atoms with Gasteiger partial charge in [-0.15, -0.1) is 0 Å². The van der Waals surface area contributed by atoms with Gasteiger partial charge < -0.3 is 0 Å². The topological polar surface area (TPSA) is 47.0 Å². The fraction of sp³-hybridized carbons (Fsp3) is 0.0714. The van der Waals surface area contributed by atoms with Crippen LogP contribution in [0.3, 0.4) is 0 Å². The van der Waals surface area contributed by atoms with Crippen LogP contribution in [0, 0.1) is 0 Å². The van der Waals surface area contributed by atoms with E-state index in [0.717, 1.165) is 15.6 Å². The predicted octanol–water partition coefficient (Wildman–Crippen LogP) is 3.43. The first-order valence-electron chi connectivity index (χ1n) is 5.60. The Hall–Kier alpha value is -1.46. The second-order valence-corrected chi connectivity index (χ2v) is 6.83. The first kappa shape index (κ1) is 14.0. The number of halogens is 1. The molecule has 19 heavy (non-hydrogen) atoms. The molecule has 5 heteroatoms. The van der Waals surface area contributed by atoms with Crippen molar-refractivity contribution in [3.05, 3.63) is 69.8 Å². The molecule has 0 bridgehead atoms. The van der Waals surface area contributed by atoms with Crippen molar-refractivity contribution >= 4 is 31.8 Å². The van der Waals surface area contributed by atoms with Gasteiger partial charge in [0.2, 0.25) is 0 Å². The average Bonchev–Trinajstić information content (AvgIpc) is 2.40. The average molecular weight is 338 g/mol. The highest BCUT2D eigenvalue weighted by Gasteiger charge is 2.07. The number of rotatable bonds is 4. The molecule has 0 fully saturated rings. The largest absolute Gasteiger partial charge is 0.264 e. The standard InChI is InChI=1S/C14H12BrNO2S/c15-14-5-3-13(4-6-14)11-19(17,18)9-7-12-2-1-8-16-10-12/h1-10H,11H2. The number of aromatic nitrogens is 1. The van der Waals surface area contributed by atoms with Crippen LogP contribution in [0.2, 0.25) is 0 Å². The van der Waals surface area contributed by atoms with Crippen LogP contribution in [-0.2, 0) is 15.6 Å². The molecule has 98 valence electrons. The number of pyridine rings is 1. The van der Waals surface area contributed by atoms with Gasteiger partial charge in [-0.2, -0.15) is 0 Å². The Bertz CT molecular complexity index is 664. The molecule has 0 aliphatic rings. The summed E-state index contributed by atoms with van der Waals surface area (Å²) in [7, 11) is -3.27. The summed E-state index contributed by atoms with van der Waals surface area (Å²) in [5.41, 5.74) is 1.53. The summed E-state index contributed by atoms with van der Waals surface area (Å²) in [5, 5.41) is 1.23. The van der Waals surface area contributed by atoms with Crippen LogP contribution in [0.4, 0.5) is 0 Å². The van der Waals surface area contributed by atoms with E-state index in [1.807, 2.05) is 12.1 Å². The highest BCUT2D eigenvalue weighted by molar-refractivity contribution is 9.10. The number of sulfone groups is 1. The molecule has 0 spiro atoms. The normalized spacial score (nSPS) is 11.8. The van der Waals surface area contributed by atoms with Crippen LogP contribution in [0.1, 0.15) is 11.1 Å². The Labute approximate surface area is 121 Å². The lowest BCUT2D eigenvalue weighted by Crippen LogP contribution is -1.99. The minimum Gasteiger partial charge on any atom is -0.264 e. The molecule has 0 N–H and O–H groups in total. The number of nitrogens with zero attached hydrogens (tertiary/aromatic N) is 1. The van der Waals surface area contributed by atoms with Crippen molar-refractivity contribution in [2.75, 3.05) is 0 Å². The van der Waals surface area contributed by atoms with E-state index in [4.69, 9.17) is 0 Å². The van der Waals surface area contributed by atoms with Gasteiger partial charge in [0.05, 0.1) is 5.75 Å². The van der Waals surface area contributed by atoms with Crippen LogP contribution in [0.25, 0.3) is 6.08 Å². The van der Waals surface area contributed by atoms with Crippen molar-refractivity contribution in [1.82, 2.24) is 4.98 Å².